The SMILES string of the molecule is CCOC(=O)[C@@]1([C@@H](O)c2ccccc2)C=CCN1C(=O)OC(C)(C)C. The van der Waals surface area contributed by atoms with Crippen molar-refractivity contribution < 1.29 is 24.2 Å². The predicted molar refractivity (Wildman–Crippen MR) is 92.8 cm³/mol. The number of esters is 1. The number of hydrogen-bond donors (Lipinski definition) is 1. The quantitative estimate of drug-likeness (QED) is 0.669. The van der Waals surface area contributed by atoms with Gasteiger partial charge >= 0.3 is 12.1 Å². The van der Waals surface area contributed by atoms with Gasteiger partial charge in [0.15, 0.2) is 5.54 Å². The first-order valence-corrected chi connectivity index (χ1v) is 8.31. The van der Waals surface area contributed by atoms with E-state index in [0.29, 0.717) is 5.56 Å². The van der Waals surface area contributed by atoms with Gasteiger partial charge in [-0.15, -0.1) is 0 Å². The van der Waals surface area contributed by atoms with Crippen LogP contribution in [0.5, 0.6) is 0 Å². The van der Waals surface area contributed by atoms with Crippen molar-refractivity contribution in [1.82, 2.24) is 4.90 Å². The van der Waals surface area contributed by atoms with Crippen LogP contribution in [0.25, 0.3) is 0 Å². The molecular weight excluding hydrogens is 322 g/mol. The van der Waals surface area contributed by atoms with E-state index in [-0.39, 0.29) is 13.2 Å². The zero-order valence-electron chi connectivity index (χ0n) is 15.1. The van der Waals surface area contributed by atoms with Crippen molar-refractivity contribution in [2.45, 2.75) is 44.9 Å². The number of amides is 1. The van der Waals surface area contributed by atoms with E-state index in [9.17, 15) is 14.7 Å². The van der Waals surface area contributed by atoms with Crippen LogP contribution in [0.4, 0.5) is 4.79 Å². The van der Waals surface area contributed by atoms with E-state index in [1.165, 1.54) is 11.0 Å². The molecule has 0 saturated carbocycles. The first-order valence-electron chi connectivity index (χ1n) is 8.31. The normalized spacial score (nSPS) is 21.1. The minimum Gasteiger partial charge on any atom is -0.464 e. The molecule has 136 valence electrons. The maximum atomic E-state index is 12.8. The number of carbonyl (C=O) groups is 2. The van der Waals surface area contributed by atoms with Crippen LogP contribution in [0.15, 0.2) is 42.5 Å². The number of nitrogens with zero attached hydrogens (tertiary/aromatic N) is 1. The van der Waals surface area contributed by atoms with Gasteiger partial charge in [0.1, 0.15) is 11.7 Å². The second-order valence-corrected chi connectivity index (χ2v) is 6.85. The number of aliphatic hydroxyl groups excluding tert-OH is 1. The topological polar surface area (TPSA) is 76.1 Å². The summed E-state index contributed by atoms with van der Waals surface area (Å²) in [6, 6.07) is 8.72. The van der Waals surface area contributed by atoms with Crippen molar-refractivity contribution in [2.24, 2.45) is 0 Å². The smallest absolute Gasteiger partial charge is 0.411 e. The van der Waals surface area contributed by atoms with E-state index < -0.39 is 29.3 Å². The Morgan fingerprint density at radius 1 is 1.28 bits per heavy atom. The highest BCUT2D eigenvalue weighted by Gasteiger charge is 2.55. The van der Waals surface area contributed by atoms with Crippen LogP contribution in [-0.2, 0) is 14.3 Å². The second-order valence-electron chi connectivity index (χ2n) is 6.85. The van der Waals surface area contributed by atoms with Gasteiger partial charge in [-0.3, -0.25) is 4.90 Å². The van der Waals surface area contributed by atoms with E-state index in [0.717, 1.165) is 0 Å². The zero-order chi connectivity index (χ0) is 18.7. The first-order chi connectivity index (χ1) is 11.7. The molecule has 2 rings (SSSR count). The van der Waals surface area contributed by atoms with E-state index in [2.05, 4.69) is 0 Å². The van der Waals surface area contributed by atoms with Crippen molar-refractivity contribution in [3.05, 3.63) is 48.0 Å². The molecule has 6 heteroatoms. The summed E-state index contributed by atoms with van der Waals surface area (Å²) in [7, 11) is 0. The maximum absolute atomic E-state index is 12.8. The molecule has 0 aliphatic carbocycles. The van der Waals surface area contributed by atoms with Crippen molar-refractivity contribution >= 4 is 12.1 Å². The highest BCUT2D eigenvalue weighted by Crippen LogP contribution is 2.38. The molecule has 6 nitrogen and oxygen atoms in total. The van der Waals surface area contributed by atoms with Gasteiger partial charge in [-0.1, -0.05) is 36.4 Å². The van der Waals surface area contributed by atoms with Crippen LogP contribution in [0.1, 0.15) is 39.4 Å². The molecule has 1 aromatic rings. The lowest BCUT2D eigenvalue weighted by Gasteiger charge is -2.39. The van der Waals surface area contributed by atoms with Crippen LogP contribution in [0.2, 0.25) is 0 Å². The fraction of sp³-hybridized carbons (Fsp3) is 0.474. The van der Waals surface area contributed by atoms with Crippen LogP contribution in [-0.4, -0.2) is 46.4 Å². The van der Waals surface area contributed by atoms with Gasteiger partial charge in [-0.05, 0) is 39.3 Å². The highest BCUT2D eigenvalue weighted by atomic mass is 16.6. The second kappa shape index (κ2) is 7.27. The monoisotopic (exact) mass is 347 g/mol. The average molecular weight is 347 g/mol. The zero-order valence-corrected chi connectivity index (χ0v) is 15.1. The largest absolute Gasteiger partial charge is 0.464 e. The molecule has 1 aromatic carbocycles. The summed E-state index contributed by atoms with van der Waals surface area (Å²) in [5.41, 5.74) is -1.87. The molecule has 0 radical (unpaired) electrons. The van der Waals surface area contributed by atoms with Gasteiger partial charge < -0.3 is 14.6 Å². The maximum Gasteiger partial charge on any atom is 0.411 e. The summed E-state index contributed by atoms with van der Waals surface area (Å²) >= 11 is 0. The molecule has 0 fully saturated rings. The Hall–Kier alpha value is -2.34. The number of rotatable bonds is 4. The number of ether oxygens (including phenoxy) is 2. The summed E-state index contributed by atoms with van der Waals surface area (Å²) in [6.07, 6.45) is 1.22. The van der Waals surface area contributed by atoms with E-state index >= 15 is 0 Å². The minimum atomic E-state index is -1.65. The summed E-state index contributed by atoms with van der Waals surface area (Å²) < 4.78 is 10.6. The standard InChI is InChI=1S/C19H25NO5/c1-5-24-16(22)19(15(21)14-10-7-6-8-11-14)12-9-13-20(19)17(23)25-18(2,3)4/h6-12,15,21H,5,13H2,1-4H3/t15-,19-/m0/s1. The average Bonchev–Trinajstić information content (AvgIpc) is 3.00. The fourth-order valence-electron chi connectivity index (χ4n) is 2.79. The number of hydrogen-bond acceptors (Lipinski definition) is 5. The number of benzene rings is 1. The van der Waals surface area contributed by atoms with Crippen molar-refractivity contribution in [1.29, 1.82) is 0 Å². The Bertz CT molecular complexity index is 650. The summed E-state index contributed by atoms with van der Waals surface area (Å²) in [5, 5.41) is 11.0. The summed E-state index contributed by atoms with van der Waals surface area (Å²) in [6.45, 7) is 7.20. The fourth-order valence-corrected chi connectivity index (χ4v) is 2.79. The Morgan fingerprint density at radius 2 is 1.92 bits per heavy atom. The third-order valence-corrected chi connectivity index (χ3v) is 3.86. The molecular formula is C19H25NO5. The number of carbonyl (C=O) groups excluding carboxylic acids is 2. The van der Waals surface area contributed by atoms with Crippen LogP contribution in [0, 0.1) is 0 Å². The molecule has 1 N–H and O–H groups in total. The molecule has 0 saturated heterocycles. The summed E-state index contributed by atoms with van der Waals surface area (Å²) in [4.78, 5) is 26.7. The summed E-state index contributed by atoms with van der Waals surface area (Å²) in [5.74, 6) is -0.689. The Morgan fingerprint density at radius 3 is 2.48 bits per heavy atom. The lowest BCUT2D eigenvalue weighted by Crippen LogP contribution is -2.58. The van der Waals surface area contributed by atoms with E-state index in [4.69, 9.17) is 9.47 Å². The van der Waals surface area contributed by atoms with Crippen molar-refractivity contribution in [3.8, 4) is 0 Å². The van der Waals surface area contributed by atoms with Gasteiger partial charge in [0, 0.05) is 6.54 Å². The predicted octanol–water partition coefficient (Wildman–Crippen LogP) is 2.83. The van der Waals surface area contributed by atoms with Gasteiger partial charge in [-0.2, -0.15) is 0 Å². The Kier molecular flexibility index (Phi) is 5.52. The van der Waals surface area contributed by atoms with Crippen LogP contribution < -0.4 is 0 Å². The van der Waals surface area contributed by atoms with Crippen molar-refractivity contribution in [2.75, 3.05) is 13.2 Å². The highest BCUT2D eigenvalue weighted by molar-refractivity contribution is 5.90. The van der Waals surface area contributed by atoms with Crippen LogP contribution in [0.3, 0.4) is 0 Å². The first kappa shape index (κ1) is 19.0. The third kappa shape index (κ3) is 3.85. The Balaban J connectivity index is 2.45. The van der Waals surface area contributed by atoms with E-state index in [1.54, 1.807) is 58.0 Å². The third-order valence-electron chi connectivity index (χ3n) is 3.86. The molecule has 1 amide bonds. The molecule has 0 aromatic heterocycles. The lowest BCUT2D eigenvalue weighted by molar-refractivity contribution is -0.160. The molecule has 0 spiro atoms. The molecule has 2 atom stereocenters. The van der Waals surface area contributed by atoms with Crippen molar-refractivity contribution in [3.63, 3.8) is 0 Å². The number of aliphatic hydroxyl groups is 1. The lowest BCUT2D eigenvalue weighted by atomic mass is 9.87. The molecule has 0 bridgehead atoms. The van der Waals surface area contributed by atoms with Gasteiger partial charge in [0.2, 0.25) is 0 Å². The Labute approximate surface area is 148 Å². The van der Waals surface area contributed by atoms with E-state index in [1.807, 2.05) is 6.07 Å². The molecule has 25 heavy (non-hydrogen) atoms. The molecule has 1 aliphatic heterocycles. The van der Waals surface area contributed by atoms with Gasteiger partial charge in [-0.25, -0.2) is 9.59 Å². The minimum absolute atomic E-state index is 0.137. The van der Waals surface area contributed by atoms with Crippen LogP contribution >= 0.6 is 0 Å². The molecule has 0 unspecified atom stereocenters. The molecule has 1 heterocycles. The van der Waals surface area contributed by atoms with Gasteiger partial charge in [0.05, 0.1) is 6.61 Å². The molecule has 1 aliphatic rings. The van der Waals surface area contributed by atoms with Gasteiger partial charge in [0.25, 0.3) is 0 Å².